The first-order valence-electron chi connectivity index (χ1n) is 4.82. The fourth-order valence-corrected chi connectivity index (χ4v) is 1.75. The van der Waals surface area contributed by atoms with Gasteiger partial charge in [-0.25, -0.2) is 0 Å². The molecule has 0 heterocycles. The van der Waals surface area contributed by atoms with Crippen molar-refractivity contribution >= 4 is 5.97 Å². The Morgan fingerprint density at radius 3 is 2.43 bits per heavy atom. The van der Waals surface area contributed by atoms with Crippen molar-refractivity contribution in [3.05, 3.63) is 0 Å². The van der Waals surface area contributed by atoms with Crippen LogP contribution in [0.25, 0.3) is 0 Å². The molecule has 0 amide bonds. The van der Waals surface area contributed by atoms with E-state index in [0.717, 1.165) is 25.7 Å². The zero-order chi connectivity index (χ0) is 9.68. The van der Waals surface area contributed by atoms with Crippen LogP contribution < -0.4 is 40.0 Å². The monoisotopic (exact) mass is 209 g/mol. The number of carbonyl (C=O) groups excluding carboxylic acids is 1. The summed E-state index contributed by atoms with van der Waals surface area (Å²) >= 11 is 0. The van der Waals surface area contributed by atoms with Crippen LogP contribution in [0.4, 0.5) is 0 Å². The predicted octanol–water partition coefficient (Wildman–Crippen LogP) is -3.98. The van der Waals surface area contributed by atoms with Crippen LogP contribution in [0.5, 0.6) is 0 Å². The summed E-state index contributed by atoms with van der Waals surface area (Å²) in [5.74, 6) is -1.21. The summed E-state index contributed by atoms with van der Waals surface area (Å²) in [6.45, 7) is -0.390. The minimum atomic E-state index is -1.21. The van der Waals surface area contributed by atoms with E-state index in [-0.39, 0.29) is 35.6 Å². The third kappa shape index (κ3) is 4.75. The first-order chi connectivity index (χ1) is 6.24. The van der Waals surface area contributed by atoms with Crippen molar-refractivity contribution < 1.29 is 44.6 Å². The van der Waals surface area contributed by atoms with Gasteiger partial charge in [-0.05, 0) is 12.8 Å². The molecule has 0 saturated heterocycles. The number of rotatable bonds is 4. The second-order valence-corrected chi connectivity index (χ2v) is 3.56. The molecule has 0 spiro atoms. The van der Waals surface area contributed by atoms with Crippen LogP contribution in [0.15, 0.2) is 0 Å². The first kappa shape index (κ1) is 14.4. The maximum atomic E-state index is 10.5. The van der Waals surface area contributed by atoms with Crippen LogP contribution in [0.1, 0.15) is 32.1 Å². The van der Waals surface area contributed by atoms with E-state index < -0.39 is 18.6 Å². The third-order valence-electron chi connectivity index (χ3n) is 2.51. The zero-order valence-corrected chi connectivity index (χ0v) is 10.7. The molecule has 0 radical (unpaired) electrons. The molecule has 4 nitrogen and oxygen atoms in total. The Balaban J connectivity index is 0.00000169. The Kier molecular flexibility index (Phi) is 7.86. The number of carboxylic acids is 1. The topological polar surface area (TPSA) is 72.4 Å². The van der Waals surface area contributed by atoms with Crippen molar-refractivity contribution in [2.45, 2.75) is 44.2 Å². The summed E-state index contributed by atoms with van der Waals surface area (Å²) in [4.78, 5) is 10.5. The quantitative estimate of drug-likeness (QED) is 0.463. The second-order valence-electron chi connectivity index (χ2n) is 3.56. The molecule has 2 N–H and O–H groups in total. The van der Waals surface area contributed by atoms with Crippen molar-refractivity contribution in [1.29, 1.82) is 0 Å². The van der Waals surface area contributed by atoms with Crippen LogP contribution in [-0.2, 0) is 4.79 Å². The van der Waals surface area contributed by atoms with E-state index in [4.69, 9.17) is 5.11 Å². The molecular weight excluding hydrogens is 193 g/mol. The summed E-state index contributed by atoms with van der Waals surface area (Å²) < 4.78 is 0. The number of hydrogen-bond acceptors (Lipinski definition) is 4. The summed E-state index contributed by atoms with van der Waals surface area (Å²) in [5.41, 5.74) is 0. The summed E-state index contributed by atoms with van der Waals surface area (Å²) in [5, 5.41) is 22.1. The van der Waals surface area contributed by atoms with E-state index in [1.165, 1.54) is 6.42 Å². The number of hydrogen-bond donors (Lipinski definition) is 2. The van der Waals surface area contributed by atoms with Gasteiger partial charge in [-0.1, -0.05) is 19.3 Å². The molecule has 1 fully saturated rings. The molecule has 1 rings (SSSR count). The van der Waals surface area contributed by atoms with Gasteiger partial charge in [0.15, 0.2) is 0 Å². The Morgan fingerprint density at radius 2 is 2.00 bits per heavy atom. The number of aliphatic carboxylic acids is 1. The molecule has 1 unspecified atom stereocenters. The number of aliphatic hydroxyl groups excluding tert-OH is 1. The van der Waals surface area contributed by atoms with Crippen molar-refractivity contribution in [3.8, 4) is 0 Å². The zero-order valence-electron chi connectivity index (χ0n) is 8.66. The molecule has 0 aromatic carbocycles. The molecule has 0 aromatic heterocycles. The maximum Gasteiger partial charge on any atom is 1.00 e. The van der Waals surface area contributed by atoms with E-state index in [1.54, 1.807) is 0 Å². The van der Waals surface area contributed by atoms with E-state index in [2.05, 4.69) is 5.32 Å². The Labute approximate surface area is 106 Å². The van der Waals surface area contributed by atoms with Gasteiger partial charge >= 0.3 is 29.6 Å². The number of carbonyl (C=O) groups is 1. The number of aliphatic hydroxyl groups is 1. The molecule has 1 aliphatic carbocycles. The molecular formula is C9H16NNaO3. The van der Waals surface area contributed by atoms with Gasteiger partial charge in [0.2, 0.25) is 0 Å². The summed E-state index contributed by atoms with van der Waals surface area (Å²) in [6, 6.07) is -0.660. The SMILES string of the molecule is O=C([O-])C(CO)NC1CCCCC1.[Na+]. The second kappa shape index (κ2) is 7.65. The smallest absolute Gasteiger partial charge is 0.548 e. The standard InChI is InChI=1S/C9H17NO3.Na/c11-6-8(9(12)13)10-7-4-2-1-3-5-7;/h7-8,10-11H,1-6H2,(H,12,13);/q;+1/p-1. The van der Waals surface area contributed by atoms with Gasteiger partial charge in [0.05, 0.1) is 18.6 Å². The minimum absolute atomic E-state index is 0. The molecule has 5 heteroatoms. The van der Waals surface area contributed by atoms with E-state index in [0.29, 0.717) is 0 Å². The molecule has 0 aromatic rings. The van der Waals surface area contributed by atoms with Crippen LogP contribution in [0.2, 0.25) is 0 Å². The van der Waals surface area contributed by atoms with Crippen LogP contribution in [0.3, 0.4) is 0 Å². The van der Waals surface area contributed by atoms with E-state index >= 15 is 0 Å². The van der Waals surface area contributed by atoms with Gasteiger partial charge in [0.1, 0.15) is 0 Å². The average molecular weight is 209 g/mol. The van der Waals surface area contributed by atoms with Gasteiger partial charge in [0.25, 0.3) is 0 Å². The largest absolute Gasteiger partial charge is 1.00 e. The number of nitrogens with one attached hydrogen (secondary N) is 1. The van der Waals surface area contributed by atoms with Gasteiger partial charge in [-0.2, -0.15) is 0 Å². The first-order valence-corrected chi connectivity index (χ1v) is 4.82. The minimum Gasteiger partial charge on any atom is -0.548 e. The van der Waals surface area contributed by atoms with Gasteiger partial charge in [0, 0.05) is 6.04 Å². The fraction of sp³-hybridized carbons (Fsp3) is 0.889. The molecule has 76 valence electrons. The molecule has 1 atom stereocenters. The summed E-state index contributed by atoms with van der Waals surface area (Å²) in [6.07, 6.45) is 5.52. The van der Waals surface area contributed by atoms with Crippen LogP contribution >= 0.6 is 0 Å². The van der Waals surface area contributed by atoms with Crippen molar-refractivity contribution in [3.63, 3.8) is 0 Å². The van der Waals surface area contributed by atoms with E-state index in [1.807, 2.05) is 0 Å². The Bertz CT molecular complexity index is 171. The van der Waals surface area contributed by atoms with Gasteiger partial charge < -0.3 is 20.3 Å². The molecule has 0 aliphatic heterocycles. The Morgan fingerprint density at radius 1 is 1.43 bits per heavy atom. The fourth-order valence-electron chi connectivity index (χ4n) is 1.75. The van der Waals surface area contributed by atoms with Crippen molar-refractivity contribution in [2.24, 2.45) is 0 Å². The van der Waals surface area contributed by atoms with Gasteiger partial charge in [-0.3, -0.25) is 0 Å². The maximum absolute atomic E-state index is 10.5. The van der Waals surface area contributed by atoms with Gasteiger partial charge in [-0.15, -0.1) is 0 Å². The Hall–Kier alpha value is 0.390. The van der Waals surface area contributed by atoms with Crippen LogP contribution in [0, 0.1) is 0 Å². The van der Waals surface area contributed by atoms with Crippen LogP contribution in [-0.4, -0.2) is 29.8 Å². The normalized spacial score (nSPS) is 19.8. The van der Waals surface area contributed by atoms with E-state index in [9.17, 15) is 9.90 Å². The molecule has 14 heavy (non-hydrogen) atoms. The third-order valence-corrected chi connectivity index (χ3v) is 2.51. The average Bonchev–Trinajstić information content (AvgIpc) is 2.15. The molecule has 1 aliphatic rings. The summed E-state index contributed by atoms with van der Waals surface area (Å²) in [7, 11) is 0. The molecule has 0 bridgehead atoms. The number of carboxylic acid groups (broad SMARTS) is 1. The van der Waals surface area contributed by atoms with Crippen molar-refractivity contribution in [1.82, 2.24) is 5.32 Å². The predicted molar refractivity (Wildman–Crippen MR) is 45.9 cm³/mol. The molecule has 1 saturated carbocycles. The van der Waals surface area contributed by atoms with Crippen molar-refractivity contribution in [2.75, 3.05) is 6.61 Å².